The van der Waals surface area contributed by atoms with Crippen molar-refractivity contribution in [3.8, 4) is 5.75 Å². The van der Waals surface area contributed by atoms with E-state index in [9.17, 15) is 0 Å². The van der Waals surface area contributed by atoms with Gasteiger partial charge in [0.05, 0.1) is 16.6 Å². The number of benzene rings is 1. The van der Waals surface area contributed by atoms with Crippen LogP contribution in [0.4, 0.5) is 5.82 Å². The molecule has 3 nitrogen and oxygen atoms in total. The molecule has 0 saturated heterocycles. The van der Waals surface area contributed by atoms with Crippen molar-refractivity contribution < 1.29 is 4.74 Å². The van der Waals surface area contributed by atoms with E-state index in [1.165, 1.54) is 0 Å². The summed E-state index contributed by atoms with van der Waals surface area (Å²) in [4.78, 5) is 6.38. The fourth-order valence-electron chi connectivity index (χ4n) is 1.81. The van der Waals surface area contributed by atoms with Gasteiger partial charge in [-0.15, -0.1) is 0 Å². The molecule has 0 aliphatic carbocycles. The van der Waals surface area contributed by atoms with E-state index < -0.39 is 0 Å². The highest BCUT2D eigenvalue weighted by atomic mass is 79.9. The summed E-state index contributed by atoms with van der Waals surface area (Å²) in [6.07, 6.45) is 1.64. The van der Waals surface area contributed by atoms with Crippen LogP contribution in [0, 0.1) is 0 Å². The average Bonchev–Trinajstić information content (AvgIpc) is 2.38. The summed E-state index contributed by atoms with van der Waals surface area (Å²) in [6, 6.07) is 9.82. The largest absolute Gasteiger partial charge is 0.497 e. The van der Waals surface area contributed by atoms with Gasteiger partial charge in [-0.3, -0.25) is 0 Å². The van der Waals surface area contributed by atoms with Gasteiger partial charge in [-0.05, 0) is 39.7 Å². The van der Waals surface area contributed by atoms with E-state index in [-0.39, 0.29) is 0 Å². The Kier molecular flexibility index (Phi) is 4.66. The van der Waals surface area contributed by atoms with Gasteiger partial charge in [0.2, 0.25) is 0 Å². The number of rotatable bonds is 4. The molecule has 5 heteroatoms. The van der Waals surface area contributed by atoms with Gasteiger partial charge in [-0.25, -0.2) is 4.98 Å². The molecule has 0 aliphatic heterocycles. The maximum atomic E-state index is 5.89. The van der Waals surface area contributed by atoms with E-state index >= 15 is 0 Å². The van der Waals surface area contributed by atoms with Crippen LogP contribution < -0.4 is 9.64 Å². The average molecular weight is 342 g/mol. The van der Waals surface area contributed by atoms with Crippen molar-refractivity contribution in [3.63, 3.8) is 0 Å². The number of anilines is 1. The maximum Gasteiger partial charge on any atom is 0.143 e. The molecule has 0 aliphatic rings. The molecule has 0 bridgehead atoms. The molecule has 1 aromatic heterocycles. The number of halogens is 2. The molecule has 2 rings (SSSR count). The van der Waals surface area contributed by atoms with E-state index in [4.69, 9.17) is 16.3 Å². The second-order valence-electron chi connectivity index (χ2n) is 4.17. The maximum absolute atomic E-state index is 5.89. The lowest BCUT2D eigenvalue weighted by Gasteiger charge is -2.19. The molecule has 0 N–H and O–H groups in total. The van der Waals surface area contributed by atoms with Gasteiger partial charge in [0.1, 0.15) is 11.6 Å². The summed E-state index contributed by atoms with van der Waals surface area (Å²) in [7, 11) is 3.65. The molecule has 0 atom stereocenters. The highest BCUT2D eigenvalue weighted by molar-refractivity contribution is 9.10. The first-order chi connectivity index (χ1) is 9.10. The van der Waals surface area contributed by atoms with Crippen molar-refractivity contribution in [2.75, 3.05) is 19.1 Å². The third-order valence-electron chi connectivity index (χ3n) is 2.70. The first-order valence-electron chi connectivity index (χ1n) is 5.75. The zero-order valence-electron chi connectivity index (χ0n) is 10.7. The zero-order chi connectivity index (χ0) is 13.8. The standard InChI is InChI=1S/C14H14BrClN2O/c1-18(14-13(15)7-11(16)8-17-14)9-10-4-3-5-12(6-10)19-2/h3-8H,9H2,1-2H3. The summed E-state index contributed by atoms with van der Waals surface area (Å²) in [5.74, 6) is 1.71. The van der Waals surface area contributed by atoms with E-state index in [1.807, 2.05) is 31.3 Å². The van der Waals surface area contributed by atoms with E-state index in [1.54, 1.807) is 13.3 Å². The van der Waals surface area contributed by atoms with Crippen LogP contribution >= 0.6 is 27.5 Å². The summed E-state index contributed by atoms with van der Waals surface area (Å²) in [6.45, 7) is 0.741. The smallest absolute Gasteiger partial charge is 0.143 e. The number of aromatic nitrogens is 1. The molecular formula is C14H14BrClN2O. The minimum atomic E-state index is 0.616. The predicted molar refractivity (Wildman–Crippen MR) is 82.0 cm³/mol. The van der Waals surface area contributed by atoms with Crippen LogP contribution in [0.2, 0.25) is 5.02 Å². The molecule has 0 unspecified atom stereocenters. The van der Waals surface area contributed by atoms with Crippen molar-refractivity contribution in [1.82, 2.24) is 4.98 Å². The number of ether oxygens (including phenoxy) is 1. The molecular weight excluding hydrogens is 328 g/mol. The van der Waals surface area contributed by atoms with Crippen molar-refractivity contribution in [2.45, 2.75) is 6.54 Å². The van der Waals surface area contributed by atoms with Gasteiger partial charge in [0.15, 0.2) is 0 Å². The highest BCUT2D eigenvalue weighted by Crippen LogP contribution is 2.27. The third kappa shape index (κ3) is 3.61. The fraction of sp³-hybridized carbons (Fsp3) is 0.214. The number of methoxy groups -OCH3 is 1. The van der Waals surface area contributed by atoms with E-state index in [2.05, 4.69) is 31.9 Å². The molecule has 19 heavy (non-hydrogen) atoms. The first kappa shape index (κ1) is 14.2. The third-order valence-corrected chi connectivity index (χ3v) is 3.49. The molecule has 0 amide bonds. The van der Waals surface area contributed by atoms with Crippen LogP contribution in [0.1, 0.15) is 5.56 Å². The fourth-order valence-corrected chi connectivity index (χ4v) is 2.75. The normalized spacial score (nSPS) is 10.3. The Morgan fingerprint density at radius 1 is 1.37 bits per heavy atom. The van der Waals surface area contributed by atoms with Gasteiger partial charge in [0.25, 0.3) is 0 Å². The van der Waals surface area contributed by atoms with Gasteiger partial charge in [-0.1, -0.05) is 23.7 Å². The van der Waals surface area contributed by atoms with Gasteiger partial charge in [-0.2, -0.15) is 0 Å². The summed E-state index contributed by atoms with van der Waals surface area (Å²) < 4.78 is 6.10. The van der Waals surface area contributed by atoms with Crippen molar-refractivity contribution in [2.24, 2.45) is 0 Å². The summed E-state index contributed by atoms with van der Waals surface area (Å²) in [5.41, 5.74) is 1.16. The number of nitrogens with zero attached hydrogens (tertiary/aromatic N) is 2. The number of pyridine rings is 1. The molecule has 0 spiro atoms. The quantitative estimate of drug-likeness (QED) is 0.835. The van der Waals surface area contributed by atoms with Gasteiger partial charge >= 0.3 is 0 Å². The van der Waals surface area contributed by atoms with Crippen LogP contribution in [0.3, 0.4) is 0 Å². The second-order valence-corrected chi connectivity index (χ2v) is 5.46. The lowest BCUT2D eigenvalue weighted by Crippen LogP contribution is -2.18. The topological polar surface area (TPSA) is 25.4 Å². The lowest BCUT2D eigenvalue weighted by molar-refractivity contribution is 0.414. The number of hydrogen-bond donors (Lipinski definition) is 0. The zero-order valence-corrected chi connectivity index (χ0v) is 13.1. The first-order valence-corrected chi connectivity index (χ1v) is 6.92. The van der Waals surface area contributed by atoms with Crippen LogP contribution in [-0.2, 0) is 6.54 Å². The predicted octanol–water partition coefficient (Wildman–Crippen LogP) is 4.14. The van der Waals surface area contributed by atoms with Crippen molar-refractivity contribution in [3.05, 3.63) is 51.6 Å². The molecule has 1 aromatic carbocycles. The molecule has 0 radical (unpaired) electrons. The van der Waals surface area contributed by atoms with Crippen LogP contribution in [0.25, 0.3) is 0 Å². The molecule has 1 heterocycles. The minimum absolute atomic E-state index is 0.616. The Balaban J connectivity index is 2.17. The second kappa shape index (κ2) is 6.26. The number of hydrogen-bond acceptors (Lipinski definition) is 3. The van der Waals surface area contributed by atoms with Crippen LogP contribution in [0.15, 0.2) is 41.0 Å². The Labute approximate surface area is 126 Å². The van der Waals surface area contributed by atoms with Gasteiger partial charge < -0.3 is 9.64 Å². The molecule has 100 valence electrons. The summed E-state index contributed by atoms with van der Waals surface area (Å²) in [5, 5.41) is 0.616. The van der Waals surface area contributed by atoms with E-state index in [0.717, 1.165) is 28.1 Å². The molecule has 0 fully saturated rings. The summed E-state index contributed by atoms with van der Waals surface area (Å²) >= 11 is 9.37. The van der Waals surface area contributed by atoms with Gasteiger partial charge in [0, 0.05) is 19.8 Å². The SMILES string of the molecule is COc1cccc(CN(C)c2ncc(Cl)cc2Br)c1. The molecule has 2 aromatic rings. The Morgan fingerprint density at radius 2 is 2.16 bits per heavy atom. The monoisotopic (exact) mass is 340 g/mol. The Morgan fingerprint density at radius 3 is 2.84 bits per heavy atom. The van der Waals surface area contributed by atoms with Crippen molar-refractivity contribution >= 4 is 33.3 Å². The molecule has 0 saturated carbocycles. The van der Waals surface area contributed by atoms with Crippen LogP contribution in [-0.4, -0.2) is 19.1 Å². The van der Waals surface area contributed by atoms with E-state index in [0.29, 0.717) is 5.02 Å². The Bertz CT molecular complexity index is 577. The van der Waals surface area contributed by atoms with Crippen molar-refractivity contribution in [1.29, 1.82) is 0 Å². The minimum Gasteiger partial charge on any atom is -0.497 e. The Hall–Kier alpha value is -1.26. The lowest BCUT2D eigenvalue weighted by atomic mass is 10.2. The highest BCUT2D eigenvalue weighted by Gasteiger charge is 2.09. The van der Waals surface area contributed by atoms with Crippen LogP contribution in [0.5, 0.6) is 5.75 Å².